The van der Waals surface area contributed by atoms with Crippen LogP contribution in [0.4, 0.5) is 0 Å². The van der Waals surface area contributed by atoms with Crippen LogP contribution in [-0.2, 0) is 6.42 Å². The molecule has 0 saturated heterocycles. The van der Waals surface area contributed by atoms with E-state index in [1.165, 1.54) is 5.56 Å². The van der Waals surface area contributed by atoms with Crippen molar-refractivity contribution in [3.8, 4) is 0 Å². The first-order valence-electron chi connectivity index (χ1n) is 9.36. The molecule has 1 amide bonds. The molecular formula is C21H30N4OS. The van der Waals surface area contributed by atoms with E-state index in [1.807, 2.05) is 18.2 Å². The summed E-state index contributed by atoms with van der Waals surface area (Å²) in [6.45, 7) is 6.60. The Kier molecular flexibility index (Phi) is 8.33. The molecule has 1 aromatic heterocycles. The molecule has 2 rings (SSSR count). The number of benzene rings is 1. The average molecular weight is 387 g/mol. The monoisotopic (exact) mass is 386 g/mol. The van der Waals surface area contributed by atoms with Crippen molar-refractivity contribution in [1.29, 1.82) is 0 Å². The van der Waals surface area contributed by atoms with Gasteiger partial charge in [-0.25, -0.2) is 0 Å². The van der Waals surface area contributed by atoms with Gasteiger partial charge in [0.2, 0.25) is 0 Å². The number of hydrogen-bond acceptors (Lipinski definition) is 3. The Bertz CT molecular complexity index is 740. The summed E-state index contributed by atoms with van der Waals surface area (Å²) >= 11 is 1.72. The number of carbonyl (C=O) groups is 1. The van der Waals surface area contributed by atoms with E-state index in [2.05, 4.69) is 47.4 Å². The second-order valence-electron chi connectivity index (χ2n) is 6.75. The average Bonchev–Trinajstić information content (AvgIpc) is 3.20. The lowest BCUT2D eigenvalue weighted by Gasteiger charge is -2.14. The molecule has 0 bridgehead atoms. The molecule has 0 aliphatic heterocycles. The number of thiophene rings is 1. The van der Waals surface area contributed by atoms with Crippen molar-refractivity contribution in [2.24, 2.45) is 4.99 Å². The molecule has 1 atom stereocenters. The Morgan fingerprint density at radius 1 is 1.26 bits per heavy atom. The topological polar surface area (TPSA) is 56.7 Å². The van der Waals surface area contributed by atoms with Crippen LogP contribution in [0.25, 0.3) is 0 Å². The van der Waals surface area contributed by atoms with Gasteiger partial charge in [0.25, 0.3) is 5.91 Å². The molecule has 1 aromatic carbocycles. The molecule has 5 nitrogen and oxygen atoms in total. The first kappa shape index (κ1) is 21.0. The van der Waals surface area contributed by atoms with Crippen LogP contribution in [0.2, 0.25) is 0 Å². The number of hydrogen-bond donors (Lipinski definition) is 2. The number of carbonyl (C=O) groups excluding carboxylic acids is 1. The third-order valence-corrected chi connectivity index (χ3v) is 4.97. The van der Waals surface area contributed by atoms with Crippen LogP contribution in [0, 0.1) is 0 Å². The number of guanidine groups is 1. The lowest BCUT2D eigenvalue weighted by Crippen LogP contribution is -2.38. The van der Waals surface area contributed by atoms with Gasteiger partial charge in [0.05, 0.1) is 0 Å². The van der Waals surface area contributed by atoms with E-state index in [0.717, 1.165) is 43.1 Å². The molecule has 0 aliphatic carbocycles. The first-order chi connectivity index (χ1) is 13.0. The molecular weight excluding hydrogens is 356 g/mol. The predicted molar refractivity (Wildman–Crippen MR) is 115 cm³/mol. The van der Waals surface area contributed by atoms with Crippen LogP contribution in [0.15, 0.2) is 46.1 Å². The van der Waals surface area contributed by atoms with Crippen LogP contribution in [0.1, 0.15) is 41.3 Å². The van der Waals surface area contributed by atoms with Gasteiger partial charge in [-0.1, -0.05) is 19.1 Å². The van der Waals surface area contributed by atoms with Crippen molar-refractivity contribution in [1.82, 2.24) is 15.5 Å². The predicted octanol–water partition coefficient (Wildman–Crippen LogP) is 3.35. The Labute approximate surface area is 166 Å². The van der Waals surface area contributed by atoms with Crippen molar-refractivity contribution in [2.45, 2.75) is 26.2 Å². The Morgan fingerprint density at radius 2 is 2.07 bits per heavy atom. The maximum Gasteiger partial charge on any atom is 0.253 e. The summed E-state index contributed by atoms with van der Waals surface area (Å²) in [6, 6.07) is 9.97. The molecule has 2 aromatic rings. The van der Waals surface area contributed by atoms with E-state index in [9.17, 15) is 4.79 Å². The minimum absolute atomic E-state index is 0.0297. The molecule has 2 N–H and O–H groups in total. The summed E-state index contributed by atoms with van der Waals surface area (Å²) in [5.41, 5.74) is 3.20. The normalized spacial score (nSPS) is 12.5. The van der Waals surface area contributed by atoms with Crippen LogP contribution in [0.5, 0.6) is 0 Å². The molecule has 146 valence electrons. The molecule has 1 unspecified atom stereocenters. The molecule has 1 heterocycles. The number of amides is 1. The third-order valence-electron chi connectivity index (χ3n) is 4.27. The SMILES string of the molecule is CCNC(=NCC(C)c1ccsc1)NCCc1cccc(C(=O)N(C)C)c1. The van der Waals surface area contributed by atoms with Crippen molar-refractivity contribution < 1.29 is 4.79 Å². The van der Waals surface area contributed by atoms with Gasteiger partial charge in [-0.3, -0.25) is 9.79 Å². The highest BCUT2D eigenvalue weighted by atomic mass is 32.1. The van der Waals surface area contributed by atoms with Crippen molar-refractivity contribution >= 4 is 23.2 Å². The van der Waals surface area contributed by atoms with Gasteiger partial charge < -0.3 is 15.5 Å². The largest absolute Gasteiger partial charge is 0.357 e. The smallest absolute Gasteiger partial charge is 0.253 e. The maximum absolute atomic E-state index is 12.1. The zero-order chi connectivity index (χ0) is 19.6. The minimum Gasteiger partial charge on any atom is -0.357 e. The lowest BCUT2D eigenvalue weighted by molar-refractivity contribution is 0.0827. The number of aliphatic imine (C=N–C) groups is 1. The fourth-order valence-corrected chi connectivity index (χ4v) is 3.46. The van der Waals surface area contributed by atoms with Gasteiger partial charge in [-0.15, -0.1) is 0 Å². The fourth-order valence-electron chi connectivity index (χ4n) is 2.67. The van der Waals surface area contributed by atoms with Gasteiger partial charge in [0.1, 0.15) is 0 Å². The Balaban J connectivity index is 1.89. The Morgan fingerprint density at radius 3 is 2.74 bits per heavy atom. The quantitative estimate of drug-likeness (QED) is 0.540. The summed E-state index contributed by atoms with van der Waals surface area (Å²) < 4.78 is 0. The fraction of sp³-hybridized carbons (Fsp3) is 0.429. The van der Waals surface area contributed by atoms with E-state index in [0.29, 0.717) is 5.92 Å². The van der Waals surface area contributed by atoms with Crippen LogP contribution >= 0.6 is 11.3 Å². The summed E-state index contributed by atoms with van der Waals surface area (Å²) in [4.78, 5) is 18.4. The number of nitrogens with zero attached hydrogens (tertiary/aromatic N) is 2. The molecule has 27 heavy (non-hydrogen) atoms. The van der Waals surface area contributed by atoms with E-state index in [1.54, 1.807) is 30.3 Å². The van der Waals surface area contributed by atoms with Crippen LogP contribution < -0.4 is 10.6 Å². The third kappa shape index (κ3) is 6.71. The highest BCUT2D eigenvalue weighted by molar-refractivity contribution is 7.07. The highest BCUT2D eigenvalue weighted by Crippen LogP contribution is 2.18. The first-order valence-corrected chi connectivity index (χ1v) is 10.3. The Hall–Kier alpha value is -2.34. The zero-order valence-corrected chi connectivity index (χ0v) is 17.5. The summed E-state index contributed by atoms with van der Waals surface area (Å²) in [7, 11) is 3.54. The lowest BCUT2D eigenvalue weighted by atomic mass is 10.1. The molecule has 0 saturated carbocycles. The molecule has 0 spiro atoms. The van der Waals surface area contributed by atoms with Crippen molar-refractivity contribution in [3.63, 3.8) is 0 Å². The molecule has 6 heteroatoms. The van der Waals surface area contributed by atoms with Crippen LogP contribution in [0.3, 0.4) is 0 Å². The van der Waals surface area contributed by atoms with E-state index < -0.39 is 0 Å². The van der Waals surface area contributed by atoms with Crippen LogP contribution in [-0.4, -0.2) is 50.5 Å². The molecule has 0 aliphatic rings. The minimum atomic E-state index is 0.0297. The number of rotatable bonds is 8. The summed E-state index contributed by atoms with van der Waals surface area (Å²) in [5.74, 6) is 1.27. The summed E-state index contributed by atoms with van der Waals surface area (Å²) in [6.07, 6.45) is 0.832. The van der Waals surface area contributed by atoms with E-state index >= 15 is 0 Å². The van der Waals surface area contributed by atoms with Gasteiger partial charge >= 0.3 is 0 Å². The van der Waals surface area contributed by atoms with Gasteiger partial charge in [0, 0.05) is 45.2 Å². The van der Waals surface area contributed by atoms with Gasteiger partial charge in [-0.2, -0.15) is 11.3 Å². The second-order valence-corrected chi connectivity index (χ2v) is 7.53. The standard InChI is InChI=1S/C21H30N4OS/c1-5-22-21(24-14-16(2)19-10-12-27-15-19)23-11-9-17-7-6-8-18(13-17)20(26)25(3)4/h6-8,10,12-13,15-16H,5,9,11,14H2,1-4H3,(H2,22,23,24). The maximum atomic E-state index is 12.1. The van der Waals surface area contributed by atoms with E-state index in [4.69, 9.17) is 4.99 Å². The molecule has 0 radical (unpaired) electrons. The van der Waals surface area contributed by atoms with Crippen molar-refractivity contribution in [2.75, 3.05) is 33.7 Å². The summed E-state index contributed by atoms with van der Waals surface area (Å²) in [5, 5.41) is 11.0. The van der Waals surface area contributed by atoms with E-state index in [-0.39, 0.29) is 5.91 Å². The zero-order valence-electron chi connectivity index (χ0n) is 16.7. The van der Waals surface area contributed by atoms with Gasteiger partial charge in [0.15, 0.2) is 5.96 Å². The number of nitrogens with one attached hydrogen (secondary N) is 2. The highest BCUT2D eigenvalue weighted by Gasteiger charge is 2.09. The molecule has 0 fully saturated rings. The second kappa shape index (κ2) is 10.7. The van der Waals surface area contributed by atoms with Gasteiger partial charge in [-0.05, 0) is 53.4 Å². The van der Waals surface area contributed by atoms with Crippen molar-refractivity contribution in [3.05, 3.63) is 57.8 Å².